The monoisotopic (exact) mass is 346 g/mol. The highest BCUT2D eigenvalue weighted by atomic mass is 32.2. The fraction of sp³-hybridized carbons (Fsp3) is 0.154. The Morgan fingerprint density at radius 1 is 1.13 bits per heavy atom. The second kappa shape index (κ2) is 7.20. The Bertz CT molecular complexity index is 777. The van der Waals surface area contributed by atoms with Gasteiger partial charge >= 0.3 is 0 Å². The highest BCUT2D eigenvalue weighted by Gasteiger charge is 2.08. The Morgan fingerprint density at radius 2 is 1.96 bits per heavy atom. The average Bonchev–Trinajstić information content (AvgIpc) is 3.01. The van der Waals surface area contributed by atoms with Crippen molar-refractivity contribution in [1.82, 2.24) is 25.1 Å². The van der Waals surface area contributed by atoms with E-state index in [0.29, 0.717) is 17.5 Å². The van der Waals surface area contributed by atoms with Crippen LogP contribution in [0.3, 0.4) is 0 Å². The molecule has 0 spiro atoms. The summed E-state index contributed by atoms with van der Waals surface area (Å²) in [6.45, 7) is 0. The number of nitrogens with zero attached hydrogens (tertiary/aromatic N) is 5. The largest absolute Gasteiger partial charge is 0.368 e. The lowest BCUT2D eigenvalue weighted by Crippen LogP contribution is -2.06. The van der Waals surface area contributed by atoms with Gasteiger partial charge in [0.2, 0.25) is 17.0 Å². The number of hydrogen-bond donors (Lipinski definition) is 3. The van der Waals surface area contributed by atoms with Crippen LogP contribution in [0.4, 0.5) is 22.7 Å². The molecule has 3 aromatic rings. The number of nitrogens with two attached hydrogens (primary N) is 1. The zero-order valence-electron chi connectivity index (χ0n) is 12.2. The SMILES string of the molecule is CNc1nnc(SCc2nc(N)nc(Nc3ccccc3)n2)s1. The molecule has 0 amide bonds. The van der Waals surface area contributed by atoms with Crippen molar-refractivity contribution in [3.05, 3.63) is 36.2 Å². The Morgan fingerprint density at radius 3 is 2.70 bits per heavy atom. The van der Waals surface area contributed by atoms with Gasteiger partial charge in [-0.1, -0.05) is 41.3 Å². The lowest BCUT2D eigenvalue weighted by Gasteiger charge is -2.06. The van der Waals surface area contributed by atoms with E-state index in [1.807, 2.05) is 37.4 Å². The molecule has 1 aromatic carbocycles. The summed E-state index contributed by atoms with van der Waals surface area (Å²) < 4.78 is 0.839. The molecule has 23 heavy (non-hydrogen) atoms. The van der Waals surface area contributed by atoms with E-state index in [4.69, 9.17) is 5.73 Å². The van der Waals surface area contributed by atoms with Gasteiger partial charge in [0.1, 0.15) is 5.82 Å². The van der Waals surface area contributed by atoms with Crippen LogP contribution in [0.1, 0.15) is 5.82 Å². The van der Waals surface area contributed by atoms with Crippen molar-refractivity contribution >= 4 is 45.8 Å². The molecule has 8 nitrogen and oxygen atoms in total. The molecular weight excluding hydrogens is 332 g/mol. The second-order valence-electron chi connectivity index (χ2n) is 4.34. The molecule has 118 valence electrons. The van der Waals surface area contributed by atoms with Crippen LogP contribution in [0, 0.1) is 0 Å². The zero-order valence-corrected chi connectivity index (χ0v) is 13.9. The van der Waals surface area contributed by atoms with E-state index in [1.54, 1.807) is 0 Å². The van der Waals surface area contributed by atoms with E-state index in [2.05, 4.69) is 35.8 Å². The third kappa shape index (κ3) is 4.27. The first kappa shape index (κ1) is 15.4. The number of anilines is 4. The van der Waals surface area contributed by atoms with Crippen molar-refractivity contribution in [2.75, 3.05) is 23.4 Å². The van der Waals surface area contributed by atoms with Gasteiger partial charge in [0.25, 0.3) is 0 Å². The van der Waals surface area contributed by atoms with Crippen molar-refractivity contribution in [1.29, 1.82) is 0 Å². The molecule has 2 heterocycles. The lowest BCUT2D eigenvalue weighted by molar-refractivity contribution is 0.975. The number of benzene rings is 1. The van der Waals surface area contributed by atoms with Crippen molar-refractivity contribution < 1.29 is 0 Å². The smallest absolute Gasteiger partial charge is 0.232 e. The van der Waals surface area contributed by atoms with Crippen LogP contribution in [-0.2, 0) is 5.75 Å². The van der Waals surface area contributed by atoms with Gasteiger partial charge in [-0.05, 0) is 12.1 Å². The van der Waals surface area contributed by atoms with Crippen LogP contribution in [0.2, 0.25) is 0 Å². The predicted molar refractivity (Wildman–Crippen MR) is 93.0 cm³/mol. The number of hydrogen-bond acceptors (Lipinski definition) is 10. The van der Waals surface area contributed by atoms with Crippen LogP contribution in [0.25, 0.3) is 0 Å². The van der Waals surface area contributed by atoms with Gasteiger partial charge in [-0.25, -0.2) is 0 Å². The summed E-state index contributed by atoms with van der Waals surface area (Å²) in [5, 5.41) is 14.9. The second-order valence-corrected chi connectivity index (χ2v) is 6.54. The van der Waals surface area contributed by atoms with Gasteiger partial charge in [-0.3, -0.25) is 0 Å². The minimum absolute atomic E-state index is 0.183. The lowest BCUT2D eigenvalue weighted by atomic mass is 10.3. The minimum Gasteiger partial charge on any atom is -0.368 e. The van der Waals surface area contributed by atoms with E-state index < -0.39 is 0 Å². The first-order valence-corrected chi connectivity index (χ1v) is 8.49. The van der Waals surface area contributed by atoms with Gasteiger partial charge in [0, 0.05) is 12.7 Å². The molecule has 0 saturated carbocycles. The number of nitrogen functional groups attached to an aromatic ring is 1. The maximum Gasteiger partial charge on any atom is 0.232 e. The quantitative estimate of drug-likeness (QED) is 0.579. The summed E-state index contributed by atoms with van der Waals surface area (Å²) in [6.07, 6.45) is 0. The van der Waals surface area contributed by atoms with Crippen LogP contribution in [-0.4, -0.2) is 32.2 Å². The molecular formula is C13H14N8S2. The van der Waals surface area contributed by atoms with Gasteiger partial charge in [-0.15, -0.1) is 10.2 Å². The number of thioether (sulfide) groups is 1. The molecule has 0 aliphatic carbocycles. The molecule has 0 fully saturated rings. The molecule has 0 saturated heterocycles. The normalized spacial score (nSPS) is 10.5. The van der Waals surface area contributed by atoms with Crippen LogP contribution < -0.4 is 16.4 Å². The van der Waals surface area contributed by atoms with E-state index in [-0.39, 0.29) is 5.95 Å². The topological polar surface area (TPSA) is 115 Å². The summed E-state index contributed by atoms with van der Waals surface area (Å²) >= 11 is 2.98. The molecule has 4 N–H and O–H groups in total. The van der Waals surface area contributed by atoms with E-state index in [9.17, 15) is 0 Å². The Kier molecular flexibility index (Phi) is 4.83. The maximum absolute atomic E-state index is 5.76. The standard InChI is InChI=1S/C13H14N8S2/c1-15-12-20-21-13(23-12)22-7-9-17-10(14)19-11(18-9)16-8-5-3-2-4-6-8/h2-6H,7H2,1H3,(H,15,20)(H3,14,16,17,18,19). The van der Waals surface area contributed by atoms with Gasteiger partial charge in [-0.2, -0.15) is 15.0 Å². The van der Waals surface area contributed by atoms with Crippen molar-refractivity contribution in [2.45, 2.75) is 10.1 Å². The zero-order chi connectivity index (χ0) is 16.1. The van der Waals surface area contributed by atoms with Crippen molar-refractivity contribution in [3.63, 3.8) is 0 Å². The third-order valence-corrected chi connectivity index (χ3v) is 4.74. The molecule has 2 aromatic heterocycles. The Labute approximate surface area is 141 Å². The first-order chi connectivity index (χ1) is 11.2. The molecule has 0 bridgehead atoms. The summed E-state index contributed by atoms with van der Waals surface area (Å²) in [6, 6.07) is 9.65. The van der Waals surface area contributed by atoms with Crippen LogP contribution >= 0.6 is 23.1 Å². The predicted octanol–water partition coefficient (Wildman–Crippen LogP) is 2.38. The first-order valence-electron chi connectivity index (χ1n) is 6.69. The Balaban J connectivity index is 1.69. The summed E-state index contributed by atoms with van der Waals surface area (Å²) in [5.41, 5.74) is 6.65. The van der Waals surface area contributed by atoms with Gasteiger partial charge in [0.05, 0.1) is 5.75 Å². The van der Waals surface area contributed by atoms with E-state index in [0.717, 1.165) is 15.2 Å². The number of para-hydroxylation sites is 1. The van der Waals surface area contributed by atoms with Crippen LogP contribution in [0.15, 0.2) is 34.7 Å². The van der Waals surface area contributed by atoms with E-state index in [1.165, 1.54) is 23.1 Å². The highest BCUT2D eigenvalue weighted by Crippen LogP contribution is 2.27. The molecule has 10 heteroatoms. The maximum atomic E-state index is 5.76. The molecule has 0 aliphatic heterocycles. The summed E-state index contributed by atoms with van der Waals surface area (Å²) in [5.74, 6) is 1.73. The van der Waals surface area contributed by atoms with Gasteiger partial charge < -0.3 is 16.4 Å². The fourth-order valence-electron chi connectivity index (χ4n) is 1.70. The third-order valence-electron chi connectivity index (χ3n) is 2.67. The van der Waals surface area contributed by atoms with Crippen molar-refractivity contribution in [3.8, 4) is 0 Å². The van der Waals surface area contributed by atoms with Crippen molar-refractivity contribution in [2.24, 2.45) is 0 Å². The molecule has 0 atom stereocenters. The molecule has 0 radical (unpaired) electrons. The molecule has 0 unspecified atom stereocenters. The van der Waals surface area contributed by atoms with Crippen LogP contribution in [0.5, 0.6) is 0 Å². The highest BCUT2D eigenvalue weighted by molar-refractivity contribution is 8.00. The summed E-state index contributed by atoms with van der Waals surface area (Å²) in [4.78, 5) is 12.6. The number of rotatable bonds is 6. The number of aromatic nitrogens is 5. The number of nitrogens with one attached hydrogen (secondary N) is 2. The average molecular weight is 346 g/mol. The fourth-order valence-corrected chi connectivity index (χ4v) is 3.26. The molecule has 0 aliphatic rings. The Hall–Kier alpha value is -2.46. The molecule has 3 rings (SSSR count). The minimum atomic E-state index is 0.183. The van der Waals surface area contributed by atoms with Gasteiger partial charge in [0.15, 0.2) is 4.34 Å². The van der Waals surface area contributed by atoms with E-state index >= 15 is 0 Å². The summed E-state index contributed by atoms with van der Waals surface area (Å²) in [7, 11) is 1.81.